The van der Waals surface area contributed by atoms with E-state index in [4.69, 9.17) is 42.1 Å². The van der Waals surface area contributed by atoms with Crippen LogP contribution in [0.1, 0.15) is 95.2 Å². The molecular weight excluding hydrogens is 988 g/mol. The molecule has 388 valence electrons. The van der Waals surface area contributed by atoms with Gasteiger partial charge in [-0.15, -0.1) is 0 Å². The summed E-state index contributed by atoms with van der Waals surface area (Å²) in [6.45, 7) is 5.99. The molecule has 8 nitrogen and oxygen atoms in total. The fraction of sp³-hybridized carbons (Fsp3) is 0.212. The van der Waals surface area contributed by atoms with E-state index in [2.05, 4.69) is 108 Å². The molecule has 8 aromatic rings. The molecule has 0 radical (unpaired) electrons. The summed E-state index contributed by atoms with van der Waals surface area (Å²) in [4.78, 5) is 27.7. The lowest BCUT2D eigenvalue weighted by atomic mass is 9.88. The molecule has 0 aromatic heterocycles. The van der Waals surface area contributed by atoms with E-state index in [1.807, 2.05) is 135 Å². The van der Waals surface area contributed by atoms with Gasteiger partial charge in [-0.1, -0.05) is 193 Å². The maximum Gasteiger partial charge on any atom is 0.331 e. The lowest BCUT2D eigenvalue weighted by Gasteiger charge is -2.27. The molecule has 0 fully saturated rings. The number of esters is 2. The van der Waals surface area contributed by atoms with Crippen LogP contribution in [0, 0.1) is 0 Å². The third kappa shape index (κ3) is 16.5. The quantitative estimate of drug-likeness (QED) is 0.0409. The van der Waals surface area contributed by atoms with Crippen molar-refractivity contribution in [3.05, 3.63) is 285 Å². The van der Waals surface area contributed by atoms with Gasteiger partial charge in [-0.05, 0) is 133 Å². The van der Waals surface area contributed by atoms with E-state index in [9.17, 15) is 9.59 Å². The number of rotatable bonds is 26. The van der Waals surface area contributed by atoms with Crippen LogP contribution < -0.4 is 20.1 Å². The second-order valence-electron chi connectivity index (χ2n) is 18.8. The summed E-state index contributed by atoms with van der Waals surface area (Å²) in [5.74, 6) is 0.244. The number of halogens is 2. The van der Waals surface area contributed by atoms with Crippen molar-refractivity contribution in [1.29, 1.82) is 0 Å². The fourth-order valence-corrected chi connectivity index (χ4v) is 9.55. The SMILES string of the molecule is CC(NCCC(c1ccccc1)c1ccccc1)C(OC(=O)/C=C\C(=O)OC(c1ccc(OCc2ccc(Cl)cc2)cc1)C(C)NCCC(c1ccccc1)c1ccccc1)c1ccc(OCc2ccc(Cl)cc2)cc1. The van der Waals surface area contributed by atoms with Crippen LogP contribution in [0.15, 0.2) is 231 Å². The Balaban J connectivity index is 0.962. The number of hydrogen-bond acceptors (Lipinski definition) is 8. The number of hydrogen-bond donors (Lipinski definition) is 2. The smallest absolute Gasteiger partial charge is 0.331 e. The van der Waals surface area contributed by atoms with Crippen molar-refractivity contribution < 1.29 is 28.5 Å². The summed E-state index contributed by atoms with van der Waals surface area (Å²) >= 11 is 12.2. The molecule has 4 unspecified atom stereocenters. The molecule has 0 amide bonds. The van der Waals surface area contributed by atoms with Crippen LogP contribution in [0.5, 0.6) is 11.5 Å². The first-order chi connectivity index (χ1) is 37.1. The Labute approximate surface area is 457 Å². The van der Waals surface area contributed by atoms with E-state index >= 15 is 0 Å². The lowest BCUT2D eigenvalue weighted by Crippen LogP contribution is -2.36. The Morgan fingerprint density at radius 2 is 0.711 bits per heavy atom. The van der Waals surface area contributed by atoms with Crippen LogP contribution in [0.3, 0.4) is 0 Å². The van der Waals surface area contributed by atoms with Gasteiger partial charge in [-0.2, -0.15) is 0 Å². The highest BCUT2D eigenvalue weighted by molar-refractivity contribution is 6.30. The van der Waals surface area contributed by atoms with Gasteiger partial charge in [-0.3, -0.25) is 0 Å². The van der Waals surface area contributed by atoms with E-state index in [-0.39, 0.29) is 23.9 Å². The average Bonchev–Trinajstić information content (AvgIpc) is 3.46. The Kier molecular flexibility index (Phi) is 20.5. The molecule has 8 rings (SSSR count). The molecule has 0 heterocycles. The van der Waals surface area contributed by atoms with Gasteiger partial charge in [0.15, 0.2) is 0 Å². The van der Waals surface area contributed by atoms with Crippen molar-refractivity contribution in [2.24, 2.45) is 0 Å². The van der Waals surface area contributed by atoms with E-state index in [0.717, 1.165) is 47.2 Å². The molecule has 0 saturated heterocycles. The zero-order valence-corrected chi connectivity index (χ0v) is 44.4. The Morgan fingerprint density at radius 3 is 1.01 bits per heavy atom. The van der Waals surface area contributed by atoms with Gasteiger partial charge < -0.3 is 29.6 Å². The number of ether oxygens (including phenoxy) is 4. The van der Waals surface area contributed by atoms with Gasteiger partial charge in [0.1, 0.15) is 36.9 Å². The third-order valence-corrected chi connectivity index (χ3v) is 13.9. The van der Waals surface area contributed by atoms with Crippen LogP contribution in [0.4, 0.5) is 0 Å². The van der Waals surface area contributed by atoms with Crippen molar-refractivity contribution in [1.82, 2.24) is 10.6 Å². The second kappa shape index (κ2) is 28.4. The minimum absolute atomic E-state index is 0.155. The zero-order chi connectivity index (χ0) is 52.9. The Hall–Kier alpha value is -7.46. The van der Waals surface area contributed by atoms with Crippen LogP contribution in [-0.2, 0) is 32.3 Å². The van der Waals surface area contributed by atoms with Crippen LogP contribution in [-0.4, -0.2) is 37.1 Å². The second-order valence-corrected chi connectivity index (χ2v) is 19.7. The molecule has 8 aromatic carbocycles. The van der Waals surface area contributed by atoms with Crippen LogP contribution >= 0.6 is 23.2 Å². The summed E-state index contributed by atoms with van der Waals surface area (Å²) in [6, 6.07) is 71.3. The standard InChI is InChI=1S/C66H64Cl2N2O6/c1-47(69-43-41-61(51-15-7-3-8-16-51)52-17-9-4-10-18-52)65(55-27-35-59(36-28-55)73-45-49-23-31-57(67)32-24-49)75-63(71)39-40-64(72)76-66(56-29-37-60(38-30-56)74-46-50-25-33-58(68)34-26-50)48(2)70-44-42-62(53-19-11-5-12-20-53)54-21-13-6-14-22-54/h3-40,47-48,61-62,65-66,69-70H,41-46H2,1-2H3/b40-39-. The molecule has 0 aliphatic carbocycles. The molecule has 0 aliphatic heterocycles. The van der Waals surface area contributed by atoms with Gasteiger partial charge in [0, 0.05) is 46.1 Å². The van der Waals surface area contributed by atoms with Gasteiger partial charge in [0.2, 0.25) is 0 Å². The zero-order valence-electron chi connectivity index (χ0n) is 42.9. The van der Waals surface area contributed by atoms with Crippen LogP contribution in [0.2, 0.25) is 10.0 Å². The maximum atomic E-state index is 13.9. The highest BCUT2D eigenvalue weighted by Gasteiger charge is 2.26. The molecular formula is C66H64Cl2N2O6. The van der Waals surface area contributed by atoms with Crippen molar-refractivity contribution in [3.63, 3.8) is 0 Å². The maximum absolute atomic E-state index is 13.9. The molecule has 0 aliphatic rings. The first kappa shape index (κ1) is 54.8. The first-order valence-electron chi connectivity index (χ1n) is 25.9. The molecule has 2 N–H and O–H groups in total. The van der Waals surface area contributed by atoms with Crippen molar-refractivity contribution in [2.45, 2.75) is 76.0 Å². The minimum Gasteiger partial charge on any atom is -0.489 e. The predicted molar refractivity (Wildman–Crippen MR) is 305 cm³/mol. The lowest BCUT2D eigenvalue weighted by molar-refractivity contribution is -0.147. The molecule has 0 bridgehead atoms. The summed E-state index contributed by atoms with van der Waals surface area (Å²) in [5, 5.41) is 8.62. The van der Waals surface area contributed by atoms with Crippen molar-refractivity contribution in [3.8, 4) is 11.5 Å². The highest BCUT2D eigenvalue weighted by atomic mass is 35.5. The number of carbonyl (C=O) groups excluding carboxylic acids is 2. The predicted octanol–water partition coefficient (Wildman–Crippen LogP) is 15.0. The van der Waals surface area contributed by atoms with Crippen molar-refractivity contribution in [2.75, 3.05) is 13.1 Å². The average molecular weight is 1050 g/mol. The third-order valence-electron chi connectivity index (χ3n) is 13.4. The Morgan fingerprint density at radius 1 is 0.408 bits per heavy atom. The first-order valence-corrected chi connectivity index (χ1v) is 26.6. The molecule has 76 heavy (non-hydrogen) atoms. The number of benzene rings is 8. The highest BCUT2D eigenvalue weighted by Crippen LogP contribution is 2.32. The van der Waals surface area contributed by atoms with Gasteiger partial charge in [0.05, 0.1) is 0 Å². The molecule has 10 heteroatoms. The van der Waals surface area contributed by atoms with E-state index in [0.29, 0.717) is 47.8 Å². The van der Waals surface area contributed by atoms with Crippen LogP contribution in [0.25, 0.3) is 0 Å². The molecule has 0 saturated carbocycles. The minimum atomic E-state index is -0.724. The van der Waals surface area contributed by atoms with Gasteiger partial charge >= 0.3 is 11.9 Å². The topological polar surface area (TPSA) is 95.1 Å². The van der Waals surface area contributed by atoms with E-state index in [1.54, 1.807) is 0 Å². The summed E-state index contributed by atoms with van der Waals surface area (Å²) < 4.78 is 24.6. The van der Waals surface area contributed by atoms with Gasteiger partial charge in [0.25, 0.3) is 0 Å². The summed E-state index contributed by atoms with van der Waals surface area (Å²) in [5.41, 5.74) is 8.37. The molecule has 0 spiro atoms. The fourth-order valence-electron chi connectivity index (χ4n) is 9.30. The Bertz CT molecular complexity index is 2730. The van der Waals surface area contributed by atoms with Gasteiger partial charge in [-0.25, -0.2) is 9.59 Å². The number of carbonyl (C=O) groups is 2. The largest absolute Gasteiger partial charge is 0.489 e. The summed E-state index contributed by atoms with van der Waals surface area (Å²) in [7, 11) is 0. The normalized spacial score (nSPS) is 13.0. The van der Waals surface area contributed by atoms with E-state index < -0.39 is 24.1 Å². The van der Waals surface area contributed by atoms with Crippen molar-refractivity contribution >= 4 is 35.1 Å². The van der Waals surface area contributed by atoms with E-state index in [1.165, 1.54) is 22.3 Å². The monoisotopic (exact) mass is 1050 g/mol. The number of nitrogens with one attached hydrogen (secondary N) is 2. The molecule has 4 atom stereocenters. The summed E-state index contributed by atoms with van der Waals surface area (Å²) in [6.07, 6.45) is 2.43.